The quantitative estimate of drug-likeness (QED) is 0.876. The number of aliphatic hydroxyl groups excluding tert-OH is 1. The molecule has 3 atom stereocenters. The van der Waals surface area contributed by atoms with Crippen LogP contribution in [0.15, 0.2) is 30.3 Å². The fourth-order valence-electron chi connectivity index (χ4n) is 3.99. The molecule has 2 aliphatic rings. The highest BCUT2D eigenvalue weighted by Crippen LogP contribution is 2.40. The molecule has 3 heteroatoms. The molecular formula is C18H27NO2. The highest BCUT2D eigenvalue weighted by Gasteiger charge is 2.41. The largest absolute Gasteiger partial charge is 0.394 e. The Labute approximate surface area is 127 Å². The van der Waals surface area contributed by atoms with Crippen molar-refractivity contribution in [1.82, 2.24) is 5.32 Å². The second-order valence-electron chi connectivity index (χ2n) is 6.54. The zero-order valence-electron chi connectivity index (χ0n) is 12.8. The lowest BCUT2D eigenvalue weighted by Crippen LogP contribution is -2.56. The summed E-state index contributed by atoms with van der Waals surface area (Å²) in [4.78, 5) is 0. The molecule has 1 aromatic carbocycles. The van der Waals surface area contributed by atoms with E-state index in [1.54, 1.807) is 0 Å². The average molecular weight is 289 g/mol. The summed E-state index contributed by atoms with van der Waals surface area (Å²) in [5.41, 5.74) is 1.18. The van der Waals surface area contributed by atoms with E-state index < -0.39 is 0 Å². The summed E-state index contributed by atoms with van der Waals surface area (Å²) in [6, 6.07) is 10.7. The molecule has 2 N–H and O–H groups in total. The van der Waals surface area contributed by atoms with Crippen molar-refractivity contribution in [3.05, 3.63) is 35.9 Å². The van der Waals surface area contributed by atoms with E-state index in [2.05, 4.69) is 35.6 Å². The monoisotopic (exact) mass is 289 g/mol. The van der Waals surface area contributed by atoms with E-state index in [0.29, 0.717) is 12.0 Å². The highest BCUT2D eigenvalue weighted by molar-refractivity contribution is 5.25. The zero-order valence-corrected chi connectivity index (χ0v) is 12.8. The minimum atomic E-state index is -0.175. The van der Waals surface area contributed by atoms with Crippen molar-refractivity contribution >= 4 is 0 Å². The second kappa shape index (κ2) is 6.91. The van der Waals surface area contributed by atoms with Crippen LogP contribution in [0.25, 0.3) is 0 Å². The van der Waals surface area contributed by atoms with Gasteiger partial charge in [-0.1, -0.05) is 43.2 Å². The van der Waals surface area contributed by atoms with Gasteiger partial charge in [0.1, 0.15) is 0 Å². The van der Waals surface area contributed by atoms with E-state index in [-0.39, 0.29) is 12.1 Å². The van der Waals surface area contributed by atoms with Crippen LogP contribution >= 0.6 is 0 Å². The molecule has 1 aliphatic heterocycles. The highest BCUT2D eigenvalue weighted by atomic mass is 16.5. The Bertz CT molecular complexity index is 430. The molecule has 3 nitrogen and oxygen atoms in total. The Kier molecular flexibility index (Phi) is 4.94. The van der Waals surface area contributed by atoms with Gasteiger partial charge in [-0.2, -0.15) is 0 Å². The molecular weight excluding hydrogens is 262 g/mol. The number of hydrogen-bond donors (Lipinski definition) is 2. The van der Waals surface area contributed by atoms with Crippen molar-refractivity contribution in [2.24, 2.45) is 0 Å². The topological polar surface area (TPSA) is 41.5 Å². The molecule has 1 saturated heterocycles. The standard InChI is InChI=1S/C18H27NO2/c20-14-18(19-13-16-9-6-12-21-16)11-5-4-10-17(18)15-7-2-1-3-8-15/h1-3,7-8,16-17,19-20H,4-6,9-14H2. The summed E-state index contributed by atoms with van der Waals surface area (Å²) in [6.45, 7) is 1.96. The first kappa shape index (κ1) is 15.0. The third-order valence-corrected chi connectivity index (χ3v) is 5.22. The van der Waals surface area contributed by atoms with Crippen molar-refractivity contribution < 1.29 is 9.84 Å². The van der Waals surface area contributed by atoms with Crippen LogP contribution in [0.3, 0.4) is 0 Å². The Morgan fingerprint density at radius 2 is 2.00 bits per heavy atom. The SMILES string of the molecule is OCC1(NCC2CCCO2)CCCCC1c1ccccc1. The molecule has 21 heavy (non-hydrogen) atoms. The van der Waals surface area contributed by atoms with E-state index in [4.69, 9.17) is 4.74 Å². The predicted molar refractivity (Wildman–Crippen MR) is 84.4 cm³/mol. The van der Waals surface area contributed by atoms with Gasteiger partial charge in [0.15, 0.2) is 0 Å². The van der Waals surface area contributed by atoms with Crippen LogP contribution < -0.4 is 5.32 Å². The summed E-state index contributed by atoms with van der Waals surface area (Å²) in [6.07, 6.45) is 7.29. The van der Waals surface area contributed by atoms with Crippen molar-refractivity contribution in [1.29, 1.82) is 0 Å². The van der Waals surface area contributed by atoms with Gasteiger partial charge in [-0.05, 0) is 31.2 Å². The molecule has 3 rings (SSSR count). The van der Waals surface area contributed by atoms with Crippen LogP contribution in [-0.4, -0.2) is 36.5 Å². The Hall–Kier alpha value is -0.900. The van der Waals surface area contributed by atoms with Crippen molar-refractivity contribution in [3.8, 4) is 0 Å². The molecule has 1 heterocycles. The van der Waals surface area contributed by atoms with Gasteiger partial charge in [-0.15, -0.1) is 0 Å². The maximum absolute atomic E-state index is 10.1. The van der Waals surface area contributed by atoms with Gasteiger partial charge in [0, 0.05) is 24.6 Å². The molecule has 0 amide bonds. The zero-order chi connectivity index (χ0) is 14.5. The van der Waals surface area contributed by atoms with Crippen molar-refractivity contribution in [2.45, 2.75) is 56.1 Å². The first-order valence-electron chi connectivity index (χ1n) is 8.36. The van der Waals surface area contributed by atoms with Crippen LogP contribution in [0.2, 0.25) is 0 Å². The maximum Gasteiger partial charge on any atom is 0.0700 e. The predicted octanol–water partition coefficient (Wildman–Crippen LogP) is 2.84. The van der Waals surface area contributed by atoms with E-state index in [1.165, 1.54) is 24.8 Å². The van der Waals surface area contributed by atoms with Crippen LogP contribution in [0.5, 0.6) is 0 Å². The van der Waals surface area contributed by atoms with Crippen LogP contribution in [0.4, 0.5) is 0 Å². The van der Waals surface area contributed by atoms with Gasteiger partial charge in [0.25, 0.3) is 0 Å². The Balaban J connectivity index is 1.75. The summed E-state index contributed by atoms with van der Waals surface area (Å²) < 4.78 is 5.73. The van der Waals surface area contributed by atoms with Crippen molar-refractivity contribution in [3.63, 3.8) is 0 Å². The molecule has 1 saturated carbocycles. The summed E-state index contributed by atoms with van der Waals surface area (Å²) in [5, 5.41) is 13.8. The van der Waals surface area contributed by atoms with E-state index in [9.17, 15) is 5.11 Å². The summed E-state index contributed by atoms with van der Waals surface area (Å²) in [5.74, 6) is 0.402. The van der Waals surface area contributed by atoms with Gasteiger partial charge in [0.05, 0.1) is 12.7 Å². The molecule has 0 aromatic heterocycles. The third-order valence-electron chi connectivity index (χ3n) is 5.22. The average Bonchev–Trinajstić information content (AvgIpc) is 3.07. The lowest BCUT2D eigenvalue weighted by molar-refractivity contribution is 0.0638. The smallest absolute Gasteiger partial charge is 0.0700 e. The van der Waals surface area contributed by atoms with Gasteiger partial charge >= 0.3 is 0 Å². The lowest BCUT2D eigenvalue weighted by Gasteiger charge is -2.44. The number of rotatable bonds is 5. The minimum Gasteiger partial charge on any atom is -0.394 e. The fraction of sp³-hybridized carbons (Fsp3) is 0.667. The number of benzene rings is 1. The van der Waals surface area contributed by atoms with Crippen LogP contribution in [0.1, 0.15) is 50.0 Å². The molecule has 0 bridgehead atoms. The number of hydrogen-bond acceptors (Lipinski definition) is 3. The summed E-state index contributed by atoms with van der Waals surface area (Å²) >= 11 is 0. The molecule has 3 unspecified atom stereocenters. The van der Waals surface area contributed by atoms with Gasteiger partial charge < -0.3 is 15.2 Å². The Morgan fingerprint density at radius 3 is 2.71 bits per heavy atom. The third kappa shape index (κ3) is 3.31. The second-order valence-corrected chi connectivity index (χ2v) is 6.54. The number of nitrogens with one attached hydrogen (secondary N) is 1. The van der Waals surface area contributed by atoms with Crippen molar-refractivity contribution in [2.75, 3.05) is 19.8 Å². The number of aliphatic hydroxyl groups is 1. The fourth-order valence-corrected chi connectivity index (χ4v) is 3.99. The van der Waals surface area contributed by atoms with Crippen LogP contribution in [0, 0.1) is 0 Å². The lowest BCUT2D eigenvalue weighted by atomic mass is 9.70. The molecule has 1 aliphatic carbocycles. The molecule has 2 fully saturated rings. The van der Waals surface area contributed by atoms with Crippen LogP contribution in [-0.2, 0) is 4.74 Å². The first-order chi connectivity index (χ1) is 10.3. The molecule has 116 valence electrons. The minimum absolute atomic E-state index is 0.175. The maximum atomic E-state index is 10.1. The number of ether oxygens (including phenoxy) is 1. The van der Waals surface area contributed by atoms with E-state index in [0.717, 1.165) is 32.4 Å². The van der Waals surface area contributed by atoms with E-state index >= 15 is 0 Å². The van der Waals surface area contributed by atoms with Gasteiger partial charge in [-0.3, -0.25) is 0 Å². The molecule has 1 aromatic rings. The normalized spacial score (nSPS) is 33.2. The van der Waals surface area contributed by atoms with Gasteiger partial charge in [0.2, 0.25) is 0 Å². The summed E-state index contributed by atoms with van der Waals surface area (Å²) in [7, 11) is 0. The first-order valence-corrected chi connectivity index (χ1v) is 8.36. The molecule has 0 spiro atoms. The van der Waals surface area contributed by atoms with E-state index in [1.807, 2.05) is 0 Å². The Morgan fingerprint density at radius 1 is 1.14 bits per heavy atom. The van der Waals surface area contributed by atoms with Gasteiger partial charge in [-0.25, -0.2) is 0 Å². The molecule has 0 radical (unpaired) electrons.